The van der Waals surface area contributed by atoms with E-state index in [1.807, 2.05) is 182 Å². The van der Waals surface area contributed by atoms with Crippen LogP contribution in [0.15, 0.2) is 338 Å². The predicted octanol–water partition coefficient (Wildman–Crippen LogP) is 17.4. The first-order valence-electron chi connectivity index (χ1n) is 27.6. The standard InChI is InChI=1S/3C24H17NO3S/c3*26-29(27,20-14-8-3-9-15-20)25-17-16-21-22(25)24(19-12-6-2-7-13-19)28-23(21)18-10-4-1-5-11-18/h3*1-17H. The highest BCUT2D eigenvalue weighted by Gasteiger charge is 2.30. The lowest BCUT2D eigenvalue weighted by atomic mass is 10.1. The van der Waals surface area contributed by atoms with Crippen LogP contribution in [0.4, 0.5) is 0 Å². The van der Waals surface area contributed by atoms with Gasteiger partial charge < -0.3 is 13.3 Å². The van der Waals surface area contributed by atoms with E-state index in [2.05, 4.69) is 0 Å². The summed E-state index contributed by atoms with van der Waals surface area (Å²) in [5.74, 6) is 3.56. The maximum absolute atomic E-state index is 13.4. The van der Waals surface area contributed by atoms with Crippen LogP contribution in [0, 0.1) is 0 Å². The molecule has 0 aliphatic heterocycles. The fourth-order valence-electron chi connectivity index (χ4n) is 10.6. The summed E-state index contributed by atoms with van der Waals surface area (Å²) in [5, 5.41) is 2.28. The van der Waals surface area contributed by atoms with Crippen molar-refractivity contribution in [3.8, 4) is 67.9 Å². The van der Waals surface area contributed by atoms with Gasteiger partial charge in [-0.05, 0) is 54.6 Å². The Morgan fingerprint density at radius 3 is 0.575 bits per heavy atom. The second kappa shape index (κ2) is 23.4. The Balaban J connectivity index is 0.000000121. The lowest BCUT2D eigenvalue weighted by Gasteiger charge is -2.07. The Hall–Kier alpha value is -10.7. The van der Waals surface area contributed by atoms with Crippen LogP contribution in [0.3, 0.4) is 0 Å². The molecule has 0 aliphatic carbocycles. The molecular formula is C72H51N3O9S3. The molecule has 9 aromatic carbocycles. The lowest BCUT2D eigenvalue weighted by Crippen LogP contribution is -2.11. The van der Waals surface area contributed by atoms with Gasteiger partial charge in [0.25, 0.3) is 30.1 Å². The average molecular weight is 1200 g/mol. The van der Waals surface area contributed by atoms with Crippen LogP contribution >= 0.6 is 0 Å². The zero-order valence-electron chi connectivity index (χ0n) is 46.2. The number of rotatable bonds is 12. The van der Waals surface area contributed by atoms with Crippen molar-refractivity contribution in [3.05, 3.63) is 310 Å². The Morgan fingerprint density at radius 1 is 0.207 bits per heavy atom. The molecule has 0 amide bonds. The summed E-state index contributed by atoms with van der Waals surface area (Å²) in [6.07, 6.45) is 4.80. The third kappa shape index (κ3) is 10.5. The summed E-state index contributed by atoms with van der Waals surface area (Å²) in [4.78, 5) is 0.705. The van der Waals surface area contributed by atoms with Gasteiger partial charge in [-0.3, -0.25) is 0 Å². The van der Waals surface area contributed by atoms with Crippen LogP contribution in [0.1, 0.15) is 0 Å². The molecule has 0 bridgehead atoms. The highest BCUT2D eigenvalue weighted by atomic mass is 32.2. The van der Waals surface area contributed by atoms with Gasteiger partial charge in [0.1, 0.15) is 33.8 Å². The summed E-state index contributed by atoms with van der Waals surface area (Å²) in [6.45, 7) is 0. The molecule has 0 aliphatic rings. The largest absolute Gasteiger partial charge is 0.453 e. The number of hydrogen-bond acceptors (Lipinski definition) is 9. The first-order chi connectivity index (χ1) is 42.5. The van der Waals surface area contributed by atoms with Gasteiger partial charge in [-0.25, -0.2) is 37.2 Å². The first-order valence-corrected chi connectivity index (χ1v) is 32.0. The van der Waals surface area contributed by atoms with E-state index in [1.165, 1.54) is 11.9 Å². The van der Waals surface area contributed by atoms with Crippen molar-refractivity contribution in [1.29, 1.82) is 0 Å². The normalized spacial score (nSPS) is 11.7. The maximum atomic E-state index is 13.4. The van der Waals surface area contributed by atoms with Crippen LogP contribution in [0.2, 0.25) is 0 Å². The smallest absolute Gasteiger partial charge is 0.268 e. The quantitative estimate of drug-likeness (QED) is 0.116. The third-order valence-electron chi connectivity index (χ3n) is 14.7. The average Bonchev–Trinajstić information content (AvgIpc) is 1.71. The van der Waals surface area contributed by atoms with Crippen molar-refractivity contribution in [1.82, 2.24) is 11.9 Å². The molecule has 15 heteroatoms. The fraction of sp³-hybridized carbons (Fsp3) is 0. The Morgan fingerprint density at radius 2 is 0.379 bits per heavy atom. The minimum Gasteiger partial charge on any atom is -0.453 e. The third-order valence-corrected chi connectivity index (χ3v) is 19.7. The summed E-state index contributed by atoms with van der Waals surface area (Å²) in [7, 11) is -11.3. The Bertz CT molecular complexity index is 4680. The number of nitrogens with zero attached hydrogens (tertiary/aromatic N) is 3. The molecule has 12 nitrogen and oxygen atoms in total. The van der Waals surface area contributed by atoms with Crippen LogP contribution in [0.5, 0.6) is 0 Å². The van der Waals surface area contributed by atoms with Gasteiger partial charge in [-0.2, -0.15) is 0 Å². The Labute approximate surface area is 502 Å². The molecule has 0 saturated heterocycles. The molecule has 6 aromatic heterocycles. The predicted molar refractivity (Wildman–Crippen MR) is 342 cm³/mol. The van der Waals surface area contributed by atoms with Crippen molar-refractivity contribution in [2.75, 3.05) is 0 Å². The summed E-state index contributed by atoms with van der Waals surface area (Å²) in [5.41, 5.74) is 6.78. The van der Waals surface area contributed by atoms with E-state index in [4.69, 9.17) is 13.3 Å². The molecule has 15 aromatic rings. The topological polar surface area (TPSA) is 157 Å². The number of hydrogen-bond donors (Lipinski definition) is 0. The van der Waals surface area contributed by atoms with Gasteiger partial charge in [0, 0.05) is 68.1 Å². The number of aromatic nitrogens is 3. The van der Waals surface area contributed by atoms with Crippen LogP contribution < -0.4 is 0 Å². The maximum Gasteiger partial charge on any atom is 0.268 e. The van der Waals surface area contributed by atoms with Gasteiger partial charge >= 0.3 is 0 Å². The molecule has 0 spiro atoms. The van der Waals surface area contributed by atoms with Crippen LogP contribution in [-0.4, -0.2) is 37.2 Å². The molecule has 15 rings (SSSR count). The zero-order valence-corrected chi connectivity index (χ0v) is 48.6. The molecule has 0 fully saturated rings. The Kier molecular flexibility index (Phi) is 14.9. The second-order valence-electron chi connectivity index (χ2n) is 20.1. The van der Waals surface area contributed by atoms with Gasteiger partial charge in [-0.1, -0.05) is 237 Å². The van der Waals surface area contributed by atoms with Gasteiger partial charge in [0.05, 0.1) is 14.7 Å². The molecule has 0 atom stereocenters. The fourth-order valence-corrected chi connectivity index (χ4v) is 14.7. The molecule has 6 heterocycles. The monoisotopic (exact) mass is 1200 g/mol. The summed E-state index contributed by atoms with van der Waals surface area (Å²) < 4.78 is 103. The van der Waals surface area contributed by atoms with E-state index in [0.29, 0.717) is 51.1 Å². The number of benzene rings is 9. The second-order valence-corrected chi connectivity index (χ2v) is 25.5. The zero-order chi connectivity index (χ0) is 59.5. The van der Waals surface area contributed by atoms with Gasteiger partial charge in [-0.15, -0.1) is 0 Å². The summed E-state index contributed by atoms with van der Waals surface area (Å²) in [6, 6.07) is 88.5. The van der Waals surface area contributed by atoms with E-state index in [1.54, 1.807) is 128 Å². The van der Waals surface area contributed by atoms with Crippen molar-refractivity contribution in [2.24, 2.45) is 0 Å². The van der Waals surface area contributed by atoms with E-state index < -0.39 is 30.1 Å². The highest BCUT2D eigenvalue weighted by molar-refractivity contribution is 7.90. The van der Waals surface area contributed by atoms with Gasteiger partial charge in [0.2, 0.25) is 0 Å². The summed E-state index contributed by atoms with van der Waals surface area (Å²) >= 11 is 0. The van der Waals surface area contributed by atoms with Crippen LogP contribution in [0.25, 0.3) is 101 Å². The van der Waals surface area contributed by atoms with Crippen molar-refractivity contribution in [3.63, 3.8) is 0 Å². The number of furan rings is 3. The number of fused-ring (bicyclic) bond motifs is 3. The van der Waals surface area contributed by atoms with E-state index in [-0.39, 0.29) is 14.7 Å². The lowest BCUT2D eigenvalue weighted by molar-refractivity contribution is 0.584. The minimum absolute atomic E-state index is 0.235. The molecule has 87 heavy (non-hydrogen) atoms. The molecular weight excluding hydrogens is 1150 g/mol. The van der Waals surface area contributed by atoms with Crippen molar-refractivity contribution in [2.45, 2.75) is 14.7 Å². The first kappa shape index (κ1) is 55.5. The molecule has 0 radical (unpaired) electrons. The minimum atomic E-state index is -3.76. The molecule has 0 saturated carbocycles. The SMILES string of the molecule is O=S(=O)(c1ccccc1)n1ccc2c(-c3ccccc3)oc(-c3ccccc3)c21.O=S(=O)(c1ccccc1)n1ccc2c(-c3ccccc3)oc(-c3ccccc3)c21.O=S(=O)(c1ccccc1)n1ccc2c(-c3ccccc3)oc(-c3ccccc3)c21. The van der Waals surface area contributed by atoms with Crippen molar-refractivity contribution >= 4 is 62.8 Å². The van der Waals surface area contributed by atoms with E-state index >= 15 is 0 Å². The van der Waals surface area contributed by atoms with Crippen molar-refractivity contribution < 1.29 is 38.5 Å². The van der Waals surface area contributed by atoms with E-state index in [9.17, 15) is 25.3 Å². The van der Waals surface area contributed by atoms with Crippen LogP contribution in [-0.2, 0) is 30.1 Å². The molecule has 0 N–H and O–H groups in total. The van der Waals surface area contributed by atoms with E-state index in [0.717, 1.165) is 49.5 Å². The molecule has 426 valence electrons. The molecule has 0 unspecified atom stereocenters. The van der Waals surface area contributed by atoms with Gasteiger partial charge in [0.15, 0.2) is 17.3 Å². The highest BCUT2D eigenvalue weighted by Crippen LogP contribution is 2.44.